The van der Waals surface area contributed by atoms with Crippen molar-refractivity contribution in [3.63, 3.8) is 0 Å². The Labute approximate surface area is 167 Å². The molecule has 2 heterocycles. The molecule has 0 radical (unpaired) electrons. The highest BCUT2D eigenvalue weighted by Crippen LogP contribution is 2.17. The third kappa shape index (κ3) is 3.86. The van der Waals surface area contributed by atoms with Crippen molar-refractivity contribution < 1.29 is 9.13 Å². The van der Waals surface area contributed by atoms with E-state index in [-0.39, 0.29) is 0 Å². The Morgan fingerprint density at radius 2 is 0.714 bits per heavy atom. The second-order valence-electron chi connectivity index (χ2n) is 7.68. The van der Waals surface area contributed by atoms with Crippen LogP contribution in [0.15, 0.2) is 85.5 Å². The molecule has 0 saturated heterocycles. The molecule has 4 aromatic rings. The number of nitrogens with zero attached hydrogens (tertiary/aromatic N) is 2. The van der Waals surface area contributed by atoms with Gasteiger partial charge in [-0.1, -0.05) is 12.1 Å². The fraction of sp³-hybridized carbons (Fsp3) is 0.154. The molecule has 28 heavy (non-hydrogen) atoms. The van der Waals surface area contributed by atoms with Crippen LogP contribution in [0.3, 0.4) is 0 Å². The van der Waals surface area contributed by atoms with Crippen LogP contribution in [0.5, 0.6) is 0 Å². The lowest BCUT2D eigenvalue weighted by Gasteiger charge is -2.03. The summed E-state index contributed by atoms with van der Waals surface area (Å²) in [6, 6.07) is 21.9. The molecule has 2 nitrogen and oxygen atoms in total. The SMILES string of the molecule is Cc1cc(C)cc(-[n+]2ccc(-c3cc[n+](-c4cc(C)cc(C)c4)cc3)cc2)c1. The second kappa shape index (κ2) is 7.40. The predicted octanol–water partition coefficient (Wildman–Crippen LogP) is 5.14. The van der Waals surface area contributed by atoms with E-state index in [1.807, 2.05) is 0 Å². The molecule has 0 amide bonds. The van der Waals surface area contributed by atoms with Crippen LogP contribution in [0.1, 0.15) is 22.3 Å². The molecule has 0 atom stereocenters. The molecule has 4 rings (SSSR count). The van der Waals surface area contributed by atoms with Crippen LogP contribution in [-0.2, 0) is 0 Å². The van der Waals surface area contributed by atoms with Gasteiger partial charge in [0.25, 0.3) is 0 Å². The average molecular weight is 367 g/mol. The lowest BCUT2D eigenvalue weighted by Crippen LogP contribution is -2.30. The van der Waals surface area contributed by atoms with Gasteiger partial charge in [-0.05, 0) is 61.1 Å². The highest BCUT2D eigenvalue weighted by molar-refractivity contribution is 5.61. The molecule has 0 N–H and O–H groups in total. The normalized spacial score (nSPS) is 10.9. The molecule has 0 fully saturated rings. The van der Waals surface area contributed by atoms with Gasteiger partial charge in [-0.3, -0.25) is 0 Å². The summed E-state index contributed by atoms with van der Waals surface area (Å²) in [5.74, 6) is 0. The number of rotatable bonds is 3. The number of hydrogen-bond acceptors (Lipinski definition) is 0. The highest BCUT2D eigenvalue weighted by atomic mass is 14.9. The average Bonchev–Trinajstić information content (AvgIpc) is 2.67. The summed E-state index contributed by atoms with van der Waals surface area (Å²) < 4.78 is 4.34. The monoisotopic (exact) mass is 366 g/mol. The zero-order chi connectivity index (χ0) is 19.7. The summed E-state index contributed by atoms with van der Waals surface area (Å²) in [7, 11) is 0. The van der Waals surface area contributed by atoms with Gasteiger partial charge in [-0.25, -0.2) is 0 Å². The topological polar surface area (TPSA) is 7.76 Å². The molecule has 2 heteroatoms. The maximum Gasteiger partial charge on any atom is 0.211 e. The minimum atomic E-state index is 1.20. The quantitative estimate of drug-likeness (QED) is 0.444. The van der Waals surface area contributed by atoms with Crippen LogP contribution in [0.25, 0.3) is 22.5 Å². The molecule has 0 aliphatic rings. The summed E-state index contributed by atoms with van der Waals surface area (Å²) in [4.78, 5) is 0. The van der Waals surface area contributed by atoms with E-state index in [0.717, 1.165) is 0 Å². The predicted molar refractivity (Wildman–Crippen MR) is 114 cm³/mol. The van der Waals surface area contributed by atoms with Crippen molar-refractivity contribution in [3.8, 4) is 22.5 Å². The number of benzene rings is 2. The zero-order valence-corrected chi connectivity index (χ0v) is 17.0. The minimum Gasteiger partial charge on any atom is -0.167 e. The molecule has 2 aromatic carbocycles. The fourth-order valence-corrected chi connectivity index (χ4v) is 3.78. The van der Waals surface area contributed by atoms with Gasteiger partial charge in [-0.15, -0.1) is 0 Å². The van der Waals surface area contributed by atoms with E-state index in [2.05, 4.69) is 122 Å². The molecule has 0 saturated carbocycles. The first-order valence-corrected chi connectivity index (χ1v) is 9.68. The van der Waals surface area contributed by atoms with Gasteiger partial charge in [0.15, 0.2) is 24.8 Å². The molecule has 0 aliphatic heterocycles. The van der Waals surface area contributed by atoms with Crippen molar-refractivity contribution >= 4 is 0 Å². The molecule has 0 unspecified atom stereocenters. The van der Waals surface area contributed by atoms with Crippen molar-refractivity contribution in [2.45, 2.75) is 27.7 Å². The van der Waals surface area contributed by atoms with E-state index in [0.29, 0.717) is 0 Å². The van der Waals surface area contributed by atoms with Gasteiger partial charge in [0, 0.05) is 48.5 Å². The Bertz CT molecular complexity index is 991. The van der Waals surface area contributed by atoms with Crippen LogP contribution in [0.2, 0.25) is 0 Å². The Kier molecular flexibility index (Phi) is 4.79. The standard InChI is InChI=1S/C26H26N2/c1-19-13-20(2)16-25(15-19)27-9-5-23(6-10-27)24-7-11-28(12-8-24)26-17-21(3)14-22(4)18-26/h5-18H,1-4H3/q+2. The molecule has 0 aliphatic carbocycles. The number of hydrogen-bond donors (Lipinski definition) is 0. The van der Waals surface area contributed by atoms with Gasteiger partial charge in [-0.2, -0.15) is 9.13 Å². The van der Waals surface area contributed by atoms with Gasteiger partial charge < -0.3 is 0 Å². The van der Waals surface area contributed by atoms with Crippen LogP contribution < -0.4 is 9.13 Å². The molecule has 0 spiro atoms. The molecule has 138 valence electrons. The first kappa shape index (κ1) is 18.1. The van der Waals surface area contributed by atoms with E-state index in [9.17, 15) is 0 Å². The van der Waals surface area contributed by atoms with Crippen molar-refractivity contribution in [2.24, 2.45) is 0 Å². The molecular weight excluding hydrogens is 340 g/mol. The first-order valence-electron chi connectivity index (χ1n) is 9.68. The van der Waals surface area contributed by atoms with E-state index < -0.39 is 0 Å². The third-order valence-corrected chi connectivity index (χ3v) is 5.00. The van der Waals surface area contributed by atoms with Gasteiger partial charge in [0.1, 0.15) is 0 Å². The van der Waals surface area contributed by atoms with Crippen LogP contribution in [0.4, 0.5) is 0 Å². The smallest absolute Gasteiger partial charge is 0.167 e. The lowest BCUT2D eigenvalue weighted by molar-refractivity contribution is -0.596. The van der Waals surface area contributed by atoms with Gasteiger partial charge >= 0.3 is 0 Å². The first-order chi connectivity index (χ1) is 13.5. The van der Waals surface area contributed by atoms with Gasteiger partial charge in [0.2, 0.25) is 11.4 Å². The Morgan fingerprint density at radius 1 is 0.429 bits per heavy atom. The van der Waals surface area contributed by atoms with Crippen LogP contribution in [-0.4, -0.2) is 0 Å². The highest BCUT2D eigenvalue weighted by Gasteiger charge is 2.10. The van der Waals surface area contributed by atoms with E-state index >= 15 is 0 Å². The maximum absolute atomic E-state index is 2.21. The Balaban J connectivity index is 1.61. The Morgan fingerprint density at radius 3 is 1.00 bits per heavy atom. The van der Waals surface area contributed by atoms with Crippen molar-refractivity contribution in [1.29, 1.82) is 0 Å². The number of pyridine rings is 2. The zero-order valence-electron chi connectivity index (χ0n) is 17.0. The Hall–Kier alpha value is -3.26. The summed E-state index contributed by atoms with van der Waals surface area (Å²) in [5.41, 5.74) is 9.96. The second-order valence-corrected chi connectivity index (χ2v) is 7.68. The fourth-order valence-electron chi connectivity index (χ4n) is 3.78. The van der Waals surface area contributed by atoms with E-state index in [1.54, 1.807) is 0 Å². The maximum atomic E-state index is 2.21. The largest absolute Gasteiger partial charge is 0.211 e. The van der Waals surface area contributed by atoms with Crippen molar-refractivity contribution in [2.75, 3.05) is 0 Å². The number of aryl methyl sites for hydroxylation is 4. The lowest BCUT2D eigenvalue weighted by atomic mass is 10.1. The van der Waals surface area contributed by atoms with E-state index in [4.69, 9.17) is 0 Å². The molecular formula is C26H26N2+2. The van der Waals surface area contributed by atoms with Crippen LogP contribution >= 0.6 is 0 Å². The third-order valence-electron chi connectivity index (χ3n) is 5.00. The molecule has 2 aromatic heterocycles. The van der Waals surface area contributed by atoms with Crippen LogP contribution in [0, 0.1) is 27.7 Å². The minimum absolute atomic E-state index is 1.20. The van der Waals surface area contributed by atoms with Crippen molar-refractivity contribution in [3.05, 3.63) is 108 Å². The molecule has 0 bridgehead atoms. The number of aromatic nitrogens is 2. The summed E-state index contributed by atoms with van der Waals surface area (Å²) >= 11 is 0. The van der Waals surface area contributed by atoms with Gasteiger partial charge in [0.05, 0.1) is 0 Å². The summed E-state index contributed by atoms with van der Waals surface area (Å²) in [6.07, 6.45) is 8.53. The van der Waals surface area contributed by atoms with Crippen molar-refractivity contribution in [1.82, 2.24) is 0 Å². The summed E-state index contributed by atoms with van der Waals surface area (Å²) in [5, 5.41) is 0. The van der Waals surface area contributed by atoms with E-state index in [1.165, 1.54) is 44.8 Å². The summed E-state index contributed by atoms with van der Waals surface area (Å²) in [6.45, 7) is 8.56.